The molecule has 0 aliphatic carbocycles. The Morgan fingerprint density at radius 3 is 2.38 bits per heavy atom. The molecule has 0 bridgehead atoms. The molecule has 0 aliphatic heterocycles. The molecule has 0 spiro atoms. The molecule has 0 saturated heterocycles. The summed E-state index contributed by atoms with van der Waals surface area (Å²) in [7, 11) is 0. The molecule has 0 fully saturated rings. The van der Waals surface area contributed by atoms with E-state index >= 15 is 0 Å². The maximum Gasteiger partial charge on any atom is 0.221 e. The zero-order valence-electron chi connectivity index (χ0n) is 7.82. The van der Waals surface area contributed by atoms with Crippen LogP contribution in [0.15, 0.2) is 24.3 Å². The molecule has 1 radical (unpaired) electrons. The molecular formula is C10H13O3. The summed E-state index contributed by atoms with van der Waals surface area (Å²) in [4.78, 5) is 0. The van der Waals surface area contributed by atoms with Gasteiger partial charge in [-0.25, -0.2) is 0 Å². The van der Waals surface area contributed by atoms with Gasteiger partial charge >= 0.3 is 0 Å². The second kappa shape index (κ2) is 4.72. The van der Waals surface area contributed by atoms with Gasteiger partial charge in [0, 0.05) is 0 Å². The van der Waals surface area contributed by atoms with E-state index in [1.165, 1.54) is 0 Å². The van der Waals surface area contributed by atoms with E-state index in [0.29, 0.717) is 11.5 Å². The Morgan fingerprint density at radius 2 is 1.85 bits per heavy atom. The van der Waals surface area contributed by atoms with Gasteiger partial charge in [0.1, 0.15) is 0 Å². The van der Waals surface area contributed by atoms with Crippen molar-refractivity contribution in [1.82, 2.24) is 0 Å². The van der Waals surface area contributed by atoms with Crippen LogP contribution in [0, 0.1) is 0 Å². The number of para-hydroxylation sites is 2. The van der Waals surface area contributed by atoms with Gasteiger partial charge in [0.25, 0.3) is 0 Å². The van der Waals surface area contributed by atoms with Crippen molar-refractivity contribution in [2.75, 3.05) is 6.79 Å². The van der Waals surface area contributed by atoms with Gasteiger partial charge in [-0.1, -0.05) is 12.1 Å². The van der Waals surface area contributed by atoms with Crippen LogP contribution >= 0.6 is 0 Å². The summed E-state index contributed by atoms with van der Waals surface area (Å²) in [5.74, 6) is 1.12. The normalized spacial score (nSPS) is 10.2. The van der Waals surface area contributed by atoms with Gasteiger partial charge in [0.2, 0.25) is 6.79 Å². The molecule has 0 aromatic heterocycles. The first kappa shape index (κ1) is 9.86. The fourth-order valence-corrected chi connectivity index (χ4v) is 0.984. The fourth-order valence-electron chi connectivity index (χ4n) is 0.984. The highest BCUT2D eigenvalue weighted by atomic mass is 16.6. The van der Waals surface area contributed by atoms with Crippen molar-refractivity contribution < 1.29 is 14.6 Å². The van der Waals surface area contributed by atoms with Crippen LogP contribution in [0.5, 0.6) is 11.5 Å². The minimum absolute atomic E-state index is 0.0800. The molecule has 0 heterocycles. The summed E-state index contributed by atoms with van der Waals surface area (Å²) in [6, 6.07) is 7.15. The molecule has 3 nitrogen and oxygen atoms in total. The fraction of sp³-hybridized carbons (Fsp3) is 0.400. The van der Waals surface area contributed by atoms with E-state index in [-0.39, 0.29) is 6.10 Å². The maximum absolute atomic E-state index is 10.3. The molecule has 0 aliphatic rings. The third kappa shape index (κ3) is 2.95. The minimum atomic E-state index is -0.585. The predicted molar refractivity (Wildman–Crippen MR) is 48.4 cm³/mol. The number of hydrogen-bond acceptors (Lipinski definition) is 2. The minimum Gasteiger partial charge on any atom is -0.487 e. The third-order valence-corrected chi connectivity index (χ3v) is 1.43. The Hall–Kier alpha value is -1.22. The SMILES string of the molecule is CC(C)Oc1ccccc1OC[O]. The van der Waals surface area contributed by atoms with Gasteiger partial charge < -0.3 is 9.47 Å². The topological polar surface area (TPSA) is 38.4 Å². The molecule has 0 N–H and O–H groups in total. The molecule has 1 aromatic rings. The van der Waals surface area contributed by atoms with Crippen LogP contribution in [-0.4, -0.2) is 12.9 Å². The lowest BCUT2D eigenvalue weighted by atomic mass is 10.3. The first-order valence-electron chi connectivity index (χ1n) is 4.20. The van der Waals surface area contributed by atoms with Crippen molar-refractivity contribution in [3.05, 3.63) is 24.3 Å². The summed E-state index contributed by atoms with van der Waals surface area (Å²) in [5, 5.41) is 10.3. The van der Waals surface area contributed by atoms with Gasteiger partial charge in [-0.05, 0) is 26.0 Å². The average molecular weight is 181 g/mol. The quantitative estimate of drug-likeness (QED) is 0.668. The summed E-state index contributed by atoms with van der Waals surface area (Å²) >= 11 is 0. The van der Waals surface area contributed by atoms with E-state index in [0.717, 1.165) is 0 Å². The van der Waals surface area contributed by atoms with Crippen LogP contribution in [-0.2, 0) is 5.11 Å². The highest BCUT2D eigenvalue weighted by molar-refractivity contribution is 5.39. The first-order valence-corrected chi connectivity index (χ1v) is 4.20. The van der Waals surface area contributed by atoms with Gasteiger partial charge in [-0.15, -0.1) is 0 Å². The molecule has 1 aromatic carbocycles. The van der Waals surface area contributed by atoms with Crippen molar-refractivity contribution in [1.29, 1.82) is 0 Å². The average Bonchev–Trinajstić information content (AvgIpc) is 2.08. The largest absolute Gasteiger partial charge is 0.487 e. The lowest BCUT2D eigenvalue weighted by Gasteiger charge is -2.12. The van der Waals surface area contributed by atoms with Crippen LogP contribution < -0.4 is 9.47 Å². The molecular weight excluding hydrogens is 168 g/mol. The van der Waals surface area contributed by atoms with E-state index in [2.05, 4.69) is 0 Å². The van der Waals surface area contributed by atoms with Crippen LogP contribution in [0.25, 0.3) is 0 Å². The van der Waals surface area contributed by atoms with Crippen molar-refractivity contribution in [2.45, 2.75) is 20.0 Å². The van der Waals surface area contributed by atoms with E-state index in [4.69, 9.17) is 9.47 Å². The van der Waals surface area contributed by atoms with E-state index < -0.39 is 6.79 Å². The molecule has 3 heteroatoms. The van der Waals surface area contributed by atoms with E-state index in [1.54, 1.807) is 18.2 Å². The first-order chi connectivity index (χ1) is 6.24. The van der Waals surface area contributed by atoms with Gasteiger partial charge in [-0.2, -0.15) is 5.11 Å². The van der Waals surface area contributed by atoms with Crippen LogP contribution in [0.3, 0.4) is 0 Å². The molecule has 71 valence electrons. The zero-order chi connectivity index (χ0) is 9.68. The summed E-state index contributed by atoms with van der Waals surface area (Å²) < 4.78 is 10.3. The number of benzene rings is 1. The summed E-state index contributed by atoms with van der Waals surface area (Å²) in [5.41, 5.74) is 0. The lowest BCUT2D eigenvalue weighted by Crippen LogP contribution is -2.07. The predicted octanol–water partition coefficient (Wildman–Crippen LogP) is 2.24. The summed E-state index contributed by atoms with van der Waals surface area (Å²) in [6.07, 6.45) is 0.0800. The summed E-state index contributed by atoms with van der Waals surface area (Å²) in [6.45, 7) is 3.26. The molecule has 1 rings (SSSR count). The van der Waals surface area contributed by atoms with Crippen molar-refractivity contribution in [3.8, 4) is 11.5 Å². The lowest BCUT2D eigenvalue weighted by molar-refractivity contribution is 0.0344. The third-order valence-electron chi connectivity index (χ3n) is 1.43. The number of rotatable bonds is 4. The molecule has 0 unspecified atom stereocenters. The second-order valence-electron chi connectivity index (χ2n) is 2.88. The zero-order valence-corrected chi connectivity index (χ0v) is 7.82. The molecule has 0 saturated carbocycles. The van der Waals surface area contributed by atoms with E-state index in [1.807, 2.05) is 19.9 Å². The molecule has 0 amide bonds. The monoisotopic (exact) mass is 181 g/mol. The number of ether oxygens (including phenoxy) is 2. The van der Waals surface area contributed by atoms with Crippen molar-refractivity contribution >= 4 is 0 Å². The maximum atomic E-state index is 10.3. The Kier molecular flexibility index (Phi) is 3.58. The Morgan fingerprint density at radius 1 is 1.23 bits per heavy atom. The van der Waals surface area contributed by atoms with Crippen molar-refractivity contribution in [2.24, 2.45) is 0 Å². The van der Waals surface area contributed by atoms with Gasteiger partial charge in [0.05, 0.1) is 6.10 Å². The van der Waals surface area contributed by atoms with Crippen LogP contribution in [0.1, 0.15) is 13.8 Å². The van der Waals surface area contributed by atoms with E-state index in [9.17, 15) is 5.11 Å². The Labute approximate surface area is 77.9 Å². The smallest absolute Gasteiger partial charge is 0.221 e. The molecule has 13 heavy (non-hydrogen) atoms. The molecule has 0 atom stereocenters. The van der Waals surface area contributed by atoms with Gasteiger partial charge in [-0.3, -0.25) is 0 Å². The Balaban J connectivity index is 2.78. The number of hydrogen-bond donors (Lipinski definition) is 0. The van der Waals surface area contributed by atoms with Crippen LogP contribution in [0.2, 0.25) is 0 Å². The van der Waals surface area contributed by atoms with Gasteiger partial charge in [0.15, 0.2) is 11.5 Å². The highest BCUT2D eigenvalue weighted by Crippen LogP contribution is 2.26. The Bertz CT molecular complexity index is 258. The standard InChI is InChI=1S/C10H13O3/c1-8(2)13-10-6-4-3-5-9(10)12-7-11/h3-6,8H,7H2,1-2H3. The van der Waals surface area contributed by atoms with Crippen molar-refractivity contribution in [3.63, 3.8) is 0 Å². The second-order valence-corrected chi connectivity index (χ2v) is 2.88. The van der Waals surface area contributed by atoms with Crippen LogP contribution in [0.4, 0.5) is 0 Å². The highest BCUT2D eigenvalue weighted by Gasteiger charge is 2.04.